The number of H-pyrrole nitrogens is 1. The van der Waals surface area contributed by atoms with Crippen molar-refractivity contribution in [2.75, 3.05) is 7.11 Å². The van der Waals surface area contributed by atoms with Crippen molar-refractivity contribution in [1.29, 1.82) is 0 Å². The zero-order chi connectivity index (χ0) is 21.4. The molecule has 8 heteroatoms. The van der Waals surface area contributed by atoms with Gasteiger partial charge in [0.2, 0.25) is 0 Å². The Bertz CT molecular complexity index is 980. The van der Waals surface area contributed by atoms with E-state index in [9.17, 15) is 22.7 Å². The molecule has 0 fully saturated rings. The molecule has 0 aliphatic rings. The van der Waals surface area contributed by atoms with E-state index in [1.165, 1.54) is 14.0 Å². The highest BCUT2D eigenvalue weighted by atomic mass is 19.4. The summed E-state index contributed by atoms with van der Waals surface area (Å²) in [5.74, 6) is -0.891. The molecule has 0 bridgehead atoms. The Morgan fingerprint density at radius 2 is 1.86 bits per heavy atom. The summed E-state index contributed by atoms with van der Waals surface area (Å²) >= 11 is 0. The lowest BCUT2D eigenvalue weighted by atomic mass is 9.72. The minimum Gasteiger partial charge on any atom is -0.496 e. The number of alkyl halides is 3. The van der Waals surface area contributed by atoms with Gasteiger partial charge in [0, 0.05) is 29.3 Å². The first-order chi connectivity index (χ1) is 13.4. The van der Waals surface area contributed by atoms with Gasteiger partial charge in [-0.3, -0.25) is 4.98 Å². The number of fused-ring (bicyclic) bond motifs is 1. The van der Waals surface area contributed by atoms with Crippen LogP contribution in [0.2, 0.25) is 0 Å². The van der Waals surface area contributed by atoms with Crippen LogP contribution in [-0.4, -0.2) is 34.0 Å². The molecule has 4 nitrogen and oxygen atoms in total. The van der Waals surface area contributed by atoms with Gasteiger partial charge in [-0.1, -0.05) is 0 Å². The van der Waals surface area contributed by atoms with Gasteiger partial charge in [-0.05, 0) is 50.6 Å². The fourth-order valence-electron chi connectivity index (χ4n) is 3.82. The SMILES string of the molecule is COc1ccc(F)cc1C(C)(CC(C)(O)Cc1cc2ccncc2[nH]1)C(F)(F)F. The molecule has 0 amide bonds. The van der Waals surface area contributed by atoms with Crippen LogP contribution >= 0.6 is 0 Å². The standard InChI is InChI=1S/C21H22F4N2O2/c1-19(28,10-15-8-13-6-7-26-11-17(13)27-15)12-20(2,21(23,24)25)16-9-14(22)4-5-18(16)29-3/h4-9,11,27-28H,10,12H2,1-3H3. The molecular formula is C21H22F4N2O2. The van der Waals surface area contributed by atoms with Crippen molar-refractivity contribution in [2.45, 2.75) is 43.9 Å². The van der Waals surface area contributed by atoms with Gasteiger partial charge >= 0.3 is 6.18 Å². The molecule has 3 aromatic rings. The third-order valence-corrected chi connectivity index (χ3v) is 5.17. The molecule has 0 spiro atoms. The predicted octanol–water partition coefficient (Wildman–Crippen LogP) is 4.91. The molecule has 0 saturated heterocycles. The summed E-state index contributed by atoms with van der Waals surface area (Å²) < 4.78 is 61.4. The van der Waals surface area contributed by atoms with Gasteiger partial charge in [0.05, 0.1) is 29.8 Å². The topological polar surface area (TPSA) is 58.1 Å². The first-order valence-electron chi connectivity index (χ1n) is 9.00. The number of aliphatic hydroxyl groups is 1. The average molecular weight is 410 g/mol. The summed E-state index contributed by atoms with van der Waals surface area (Å²) in [6, 6.07) is 6.54. The van der Waals surface area contributed by atoms with Crippen molar-refractivity contribution in [3.05, 3.63) is 59.8 Å². The molecule has 2 N–H and O–H groups in total. The highest BCUT2D eigenvalue weighted by Crippen LogP contribution is 2.49. The van der Waals surface area contributed by atoms with Crippen molar-refractivity contribution in [3.8, 4) is 5.75 Å². The number of ether oxygens (including phenoxy) is 1. The molecule has 0 saturated carbocycles. The highest BCUT2D eigenvalue weighted by Gasteiger charge is 2.56. The van der Waals surface area contributed by atoms with Gasteiger partial charge in [0.15, 0.2) is 0 Å². The maximum atomic E-state index is 14.2. The van der Waals surface area contributed by atoms with Gasteiger partial charge < -0.3 is 14.8 Å². The highest BCUT2D eigenvalue weighted by molar-refractivity contribution is 5.79. The summed E-state index contributed by atoms with van der Waals surface area (Å²) in [6.45, 7) is 2.29. The Labute approximate surface area is 165 Å². The molecule has 2 unspecified atom stereocenters. The van der Waals surface area contributed by atoms with Gasteiger partial charge in [-0.2, -0.15) is 13.2 Å². The fourth-order valence-corrected chi connectivity index (χ4v) is 3.82. The molecular weight excluding hydrogens is 388 g/mol. The number of methoxy groups -OCH3 is 1. The summed E-state index contributed by atoms with van der Waals surface area (Å²) in [5.41, 5.74) is -3.32. The summed E-state index contributed by atoms with van der Waals surface area (Å²) in [6.07, 6.45) is -2.27. The van der Waals surface area contributed by atoms with E-state index in [0.717, 1.165) is 36.0 Å². The van der Waals surface area contributed by atoms with Crippen molar-refractivity contribution in [1.82, 2.24) is 9.97 Å². The molecule has 1 aromatic carbocycles. The number of benzene rings is 1. The predicted molar refractivity (Wildman–Crippen MR) is 101 cm³/mol. The zero-order valence-electron chi connectivity index (χ0n) is 16.3. The molecule has 0 aliphatic heterocycles. The third-order valence-electron chi connectivity index (χ3n) is 5.17. The summed E-state index contributed by atoms with van der Waals surface area (Å²) in [4.78, 5) is 7.05. The molecule has 2 atom stereocenters. The number of rotatable bonds is 6. The molecule has 3 rings (SSSR count). The number of pyridine rings is 1. The van der Waals surface area contributed by atoms with E-state index >= 15 is 0 Å². The van der Waals surface area contributed by atoms with E-state index in [1.807, 2.05) is 0 Å². The Balaban J connectivity index is 1.98. The van der Waals surface area contributed by atoms with E-state index in [4.69, 9.17) is 4.74 Å². The van der Waals surface area contributed by atoms with Crippen molar-refractivity contribution in [2.24, 2.45) is 0 Å². The maximum Gasteiger partial charge on any atom is 0.398 e. The lowest BCUT2D eigenvalue weighted by Gasteiger charge is -2.39. The van der Waals surface area contributed by atoms with Crippen LogP contribution in [0.1, 0.15) is 31.5 Å². The van der Waals surface area contributed by atoms with Crippen LogP contribution in [0.4, 0.5) is 17.6 Å². The maximum absolute atomic E-state index is 14.2. The van der Waals surface area contributed by atoms with E-state index in [0.29, 0.717) is 5.69 Å². The normalized spacial score (nSPS) is 16.4. The van der Waals surface area contributed by atoms with Crippen molar-refractivity contribution < 1.29 is 27.4 Å². The van der Waals surface area contributed by atoms with E-state index in [1.54, 1.807) is 24.5 Å². The lowest BCUT2D eigenvalue weighted by Crippen LogP contribution is -2.47. The van der Waals surface area contributed by atoms with Crippen molar-refractivity contribution >= 4 is 10.9 Å². The molecule has 0 radical (unpaired) electrons. The van der Waals surface area contributed by atoms with Crippen LogP contribution in [0.15, 0.2) is 42.7 Å². The second kappa shape index (κ2) is 7.33. The Hall–Kier alpha value is -2.61. The third kappa shape index (κ3) is 4.22. The average Bonchev–Trinajstić information content (AvgIpc) is 3.01. The molecule has 2 heterocycles. The number of nitrogens with zero attached hydrogens (tertiary/aromatic N) is 1. The molecule has 156 valence electrons. The van der Waals surface area contributed by atoms with Crippen LogP contribution in [0.5, 0.6) is 5.75 Å². The number of hydrogen-bond donors (Lipinski definition) is 2. The number of aromatic amines is 1. The monoisotopic (exact) mass is 410 g/mol. The molecule has 29 heavy (non-hydrogen) atoms. The quantitative estimate of drug-likeness (QED) is 0.568. The van der Waals surface area contributed by atoms with Gasteiger partial charge in [0.25, 0.3) is 0 Å². The summed E-state index contributed by atoms with van der Waals surface area (Å²) in [7, 11) is 1.23. The second-order valence-electron chi connectivity index (χ2n) is 7.78. The minimum absolute atomic E-state index is 0.0506. The van der Waals surface area contributed by atoms with E-state index < -0.39 is 29.4 Å². The minimum atomic E-state index is -4.75. The van der Waals surface area contributed by atoms with Crippen LogP contribution in [-0.2, 0) is 11.8 Å². The van der Waals surface area contributed by atoms with Crippen LogP contribution in [0.3, 0.4) is 0 Å². The zero-order valence-corrected chi connectivity index (χ0v) is 16.3. The molecule has 0 aliphatic carbocycles. The Morgan fingerprint density at radius 1 is 1.14 bits per heavy atom. The van der Waals surface area contributed by atoms with Crippen LogP contribution in [0.25, 0.3) is 10.9 Å². The van der Waals surface area contributed by atoms with E-state index in [2.05, 4.69) is 9.97 Å². The smallest absolute Gasteiger partial charge is 0.398 e. The Morgan fingerprint density at radius 3 is 2.48 bits per heavy atom. The van der Waals surface area contributed by atoms with E-state index in [-0.39, 0.29) is 17.7 Å². The van der Waals surface area contributed by atoms with Crippen LogP contribution < -0.4 is 4.74 Å². The number of nitrogens with one attached hydrogen (secondary N) is 1. The lowest BCUT2D eigenvalue weighted by molar-refractivity contribution is -0.200. The number of aromatic nitrogens is 2. The number of hydrogen-bond acceptors (Lipinski definition) is 3. The number of halogens is 4. The van der Waals surface area contributed by atoms with Gasteiger partial charge in [-0.25, -0.2) is 4.39 Å². The van der Waals surface area contributed by atoms with Gasteiger partial charge in [-0.15, -0.1) is 0 Å². The fraction of sp³-hybridized carbons (Fsp3) is 0.381. The first-order valence-corrected chi connectivity index (χ1v) is 9.00. The first kappa shape index (κ1) is 21.1. The van der Waals surface area contributed by atoms with Crippen molar-refractivity contribution in [3.63, 3.8) is 0 Å². The second-order valence-corrected chi connectivity index (χ2v) is 7.78. The van der Waals surface area contributed by atoms with Gasteiger partial charge in [0.1, 0.15) is 11.6 Å². The molecule has 2 aromatic heterocycles. The Kier molecular flexibility index (Phi) is 5.34. The largest absolute Gasteiger partial charge is 0.496 e. The summed E-state index contributed by atoms with van der Waals surface area (Å²) in [5, 5.41) is 11.8. The van der Waals surface area contributed by atoms with Crippen LogP contribution in [0, 0.1) is 5.82 Å².